The number of hydrogen-bond acceptors (Lipinski definition) is 4. The van der Waals surface area contributed by atoms with Gasteiger partial charge in [-0.1, -0.05) is 13.8 Å². The molecule has 0 radical (unpaired) electrons. The number of aromatic nitrogens is 2. The van der Waals surface area contributed by atoms with Crippen molar-refractivity contribution in [2.75, 3.05) is 18.0 Å². The molecule has 0 bridgehead atoms. The average Bonchev–Trinajstić information content (AvgIpc) is 2.81. The Morgan fingerprint density at radius 2 is 2.29 bits per heavy atom. The van der Waals surface area contributed by atoms with Crippen LogP contribution >= 0.6 is 0 Å². The van der Waals surface area contributed by atoms with Gasteiger partial charge < -0.3 is 4.90 Å². The van der Waals surface area contributed by atoms with Gasteiger partial charge in [0.25, 0.3) is 0 Å². The Morgan fingerprint density at radius 1 is 1.59 bits per heavy atom. The predicted octanol–water partition coefficient (Wildman–Crippen LogP) is 1.74. The van der Waals surface area contributed by atoms with Crippen molar-refractivity contribution in [1.29, 1.82) is 0 Å². The van der Waals surface area contributed by atoms with Gasteiger partial charge in [-0.3, -0.25) is 10.1 Å². The number of hydrogen-bond donors (Lipinski definition) is 0. The summed E-state index contributed by atoms with van der Waals surface area (Å²) in [7, 11) is 1.78. The summed E-state index contributed by atoms with van der Waals surface area (Å²) in [5, 5.41) is 15.4. The van der Waals surface area contributed by atoms with Crippen LogP contribution in [0, 0.1) is 16.0 Å². The Morgan fingerprint density at radius 3 is 2.76 bits per heavy atom. The molecule has 6 nitrogen and oxygen atoms in total. The van der Waals surface area contributed by atoms with Crippen molar-refractivity contribution < 1.29 is 4.92 Å². The molecule has 6 heteroatoms. The largest absolute Gasteiger partial charge is 0.351 e. The molecule has 1 unspecified atom stereocenters. The molecule has 1 fully saturated rings. The number of aryl methyl sites for hydroxylation is 2. The molecule has 0 N–H and O–H groups in total. The van der Waals surface area contributed by atoms with Crippen LogP contribution in [0.4, 0.5) is 11.5 Å². The van der Waals surface area contributed by atoms with Crippen molar-refractivity contribution >= 4 is 11.5 Å². The first-order valence-corrected chi connectivity index (χ1v) is 5.99. The highest BCUT2D eigenvalue weighted by atomic mass is 16.6. The minimum absolute atomic E-state index is 0.184. The summed E-state index contributed by atoms with van der Waals surface area (Å²) in [6.07, 6.45) is 1.68. The van der Waals surface area contributed by atoms with Gasteiger partial charge >= 0.3 is 5.69 Å². The van der Waals surface area contributed by atoms with E-state index >= 15 is 0 Å². The van der Waals surface area contributed by atoms with E-state index in [2.05, 4.69) is 16.9 Å². The molecule has 0 amide bonds. The third kappa shape index (κ3) is 1.99. The van der Waals surface area contributed by atoms with Crippen LogP contribution in [-0.4, -0.2) is 27.8 Å². The summed E-state index contributed by atoms with van der Waals surface area (Å²) >= 11 is 0. The molecule has 0 aliphatic carbocycles. The van der Waals surface area contributed by atoms with Crippen LogP contribution in [0.5, 0.6) is 0 Å². The molecule has 1 aromatic heterocycles. The summed E-state index contributed by atoms with van der Waals surface area (Å²) in [4.78, 5) is 13.0. The summed E-state index contributed by atoms with van der Waals surface area (Å²) in [5.41, 5.74) is 0.760. The quantitative estimate of drug-likeness (QED) is 0.594. The number of nitro groups is 1. The van der Waals surface area contributed by atoms with Crippen molar-refractivity contribution in [3.05, 3.63) is 15.8 Å². The van der Waals surface area contributed by atoms with Gasteiger partial charge in [-0.2, -0.15) is 5.10 Å². The SMILES string of the molecule is CCc1nn(C)c(N2CCC(C)C2)c1[N+](=O)[O-]. The summed E-state index contributed by atoms with van der Waals surface area (Å²) in [6.45, 7) is 5.82. The van der Waals surface area contributed by atoms with Gasteiger partial charge in [0.05, 0.1) is 4.92 Å². The molecular formula is C11H18N4O2. The Hall–Kier alpha value is -1.59. The van der Waals surface area contributed by atoms with Crippen molar-refractivity contribution in [3.63, 3.8) is 0 Å². The van der Waals surface area contributed by atoms with Gasteiger partial charge in [-0.15, -0.1) is 0 Å². The standard InChI is InChI=1S/C11H18N4O2/c1-4-9-10(15(16)17)11(13(3)12-9)14-6-5-8(2)7-14/h8H,4-7H2,1-3H3. The zero-order valence-corrected chi connectivity index (χ0v) is 10.5. The predicted molar refractivity (Wildman–Crippen MR) is 65.2 cm³/mol. The van der Waals surface area contributed by atoms with E-state index in [0.717, 1.165) is 19.5 Å². The van der Waals surface area contributed by atoms with Crippen LogP contribution in [0.2, 0.25) is 0 Å². The molecule has 2 rings (SSSR count). The Bertz CT molecular complexity index is 441. The monoisotopic (exact) mass is 238 g/mol. The third-order valence-corrected chi connectivity index (χ3v) is 3.30. The first-order valence-electron chi connectivity index (χ1n) is 5.99. The third-order valence-electron chi connectivity index (χ3n) is 3.30. The molecule has 94 valence electrons. The van der Waals surface area contributed by atoms with E-state index in [0.29, 0.717) is 23.9 Å². The lowest BCUT2D eigenvalue weighted by Crippen LogP contribution is -2.22. The second-order valence-electron chi connectivity index (χ2n) is 4.69. The maximum Gasteiger partial charge on any atom is 0.334 e. The second-order valence-corrected chi connectivity index (χ2v) is 4.69. The van der Waals surface area contributed by atoms with E-state index in [1.807, 2.05) is 6.92 Å². The lowest BCUT2D eigenvalue weighted by Gasteiger charge is -2.16. The van der Waals surface area contributed by atoms with Gasteiger partial charge in [-0.25, -0.2) is 4.68 Å². The van der Waals surface area contributed by atoms with Crippen molar-refractivity contribution in [3.8, 4) is 0 Å². The molecule has 1 atom stereocenters. The molecule has 1 aliphatic rings. The minimum Gasteiger partial charge on any atom is -0.351 e. The summed E-state index contributed by atoms with van der Waals surface area (Å²) in [5.74, 6) is 1.26. The number of rotatable bonds is 3. The Kier molecular flexibility index (Phi) is 3.04. The lowest BCUT2D eigenvalue weighted by atomic mass is 10.2. The highest BCUT2D eigenvalue weighted by Crippen LogP contribution is 2.34. The smallest absolute Gasteiger partial charge is 0.334 e. The maximum absolute atomic E-state index is 11.2. The topological polar surface area (TPSA) is 64.2 Å². The fourth-order valence-corrected chi connectivity index (χ4v) is 2.47. The summed E-state index contributed by atoms with van der Waals surface area (Å²) < 4.78 is 1.65. The number of anilines is 1. The van der Waals surface area contributed by atoms with Crippen molar-refractivity contribution in [1.82, 2.24) is 9.78 Å². The molecule has 1 aromatic rings. The molecule has 0 spiro atoms. The van der Waals surface area contributed by atoms with E-state index < -0.39 is 0 Å². The van der Waals surface area contributed by atoms with Gasteiger partial charge in [-0.05, 0) is 18.8 Å². The van der Waals surface area contributed by atoms with Crippen LogP contribution < -0.4 is 4.90 Å². The van der Waals surface area contributed by atoms with Crippen molar-refractivity contribution in [2.24, 2.45) is 13.0 Å². The normalized spacial score (nSPS) is 19.9. The van der Waals surface area contributed by atoms with Crippen molar-refractivity contribution in [2.45, 2.75) is 26.7 Å². The molecule has 0 aromatic carbocycles. The fraction of sp³-hybridized carbons (Fsp3) is 0.727. The van der Waals surface area contributed by atoms with Crippen LogP contribution in [0.1, 0.15) is 26.0 Å². The summed E-state index contributed by atoms with van der Waals surface area (Å²) in [6, 6.07) is 0. The van der Waals surface area contributed by atoms with E-state index in [-0.39, 0.29) is 10.6 Å². The highest BCUT2D eigenvalue weighted by Gasteiger charge is 2.32. The molecule has 0 saturated carbocycles. The van der Waals surface area contributed by atoms with Gasteiger partial charge in [0.1, 0.15) is 5.69 Å². The van der Waals surface area contributed by atoms with Gasteiger partial charge in [0, 0.05) is 20.1 Å². The van der Waals surface area contributed by atoms with Crippen LogP contribution in [0.3, 0.4) is 0 Å². The van der Waals surface area contributed by atoms with E-state index in [4.69, 9.17) is 0 Å². The maximum atomic E-state index is 11.2. The fourth-order valence-electron chi connectivity index (χ4n) is 2.47. The minimum atomic E-state index is -0.301. The van der Waals surface area contributed by atoms with Crippen LogP contribution in [0.25, 0.3) is 0 Å². The number of nitrogens with zero attached hydrogens (tertiary/aromatic N) is 4. The average molecular weight is 238 g/mol. The molecule has 17 heavy (non-hydrogen) atoms. The zero-order valence-electron chi connectivity index (χ0n) is 10.5. The van der Waals surface area contributed by atoms with Gasteiger partial charge in [0.15, 0.2) is 0 Å². The molecular weight excluding hydrogens is 220 g/mol. The van der Waals surface area contributed by atoms with E-state index in [1.54, 1.807) is 11.7 Å². The zero-order chi connectivity index (χ0) is 12.6. The van der Waals surface area contributed by atoms with Gasteiger partial charge in [0.2, 0.25) is 5.82 Å². The molecule has 1 saturated heterocycles. The molecule has 1 aliphatic heterocycles. The highest BCUT2D eigenvalue weighted by molar-refractivity contribution is 5.62. The van der Waals surface area contributed by atoms with Crippen LogP contribution in [-0.2, 0) is 13.5 Å². The Balaban J connectivity index is 2.45. The van der Waals surface area contributed by atoms with Crippen LogP contribution in [0.15, 0.2) is 0 Å². The first-order chi connectivity index (χ1) is 8.04. The Labute approximate surface area is 100 Å². The molecule has 2 heterocycles. The second kappa shape index (κ2) is 4.35. The lowest BCUT2D eigenvalue weighted by molar-refractivity contribution is -0.384. The van der Waals surface area contributed by atoms with E-state index in [1.165, 1.54) is 0 Å². The first kappa shape index (κ1) is 11.9. The van der Waals surface area contributed by atoms with E-state index in [9.17, 15) is 10.1 Å².